The molecule has 1 saturated heterocycles. The number of sulfonamides is 1. The average Bonchev–Trinajstić information content (AvgIpc) is 2.18. The average molecular weight is 248 g/mol. The molecule has 1 heterocycles. The van der Waals surface area contributed by atoms with Gasteiger partial charge in [0.25, 0.3) is 0 Å². The van der Waals surface area contributed by atoms with Gasteiger partial charge >= 0.3 is 0 Å². The predicted molar refractivity (Wildman–Crippen MR) is 66.9 cm³/mol. The molecule has 16 heavy (non-hydrogen) atoms. The van der Waals surface area contributed by atoms with Crippen molar-refractivity contribution < 1.29 is 8.42 Å². The maximum atomic E-state index is 12.2. The molecule has 1 fully saturated rings. The Morgan fingerprint density at radius 1 is 1.44 bits per heavy atom. The molecule has 0 aromatic heterocycles. The first-order valence-electron chi connectivity index (χ1n) is 6.17. The van der Waals surface area contributed by atoms with Gasteiger partial charge in [-0.25, -0.2) is 8.42 Å². The van der Waals surface area contributed by atoms with E-state index >= 15 is 0 Å². The van der Waals surface area contributed by atoms with Crippen LogP contribution in [0.3, 0.4) is 0 Å². The summed E-state index contributed by atoms with van der Waals surface area (Å²) in [6, 6.07) is 0.0616. The maximum Gasteiger partial charge on any atom is 0.214 e. The summed E-state index contributed by atoms with van der Waals surface area (Å²) in [7, 11) is -3.08. The van der Waals surface area contributed by atoms with Gasteiger partial charge in [0.15, 0.2) is 0 Å². The van der Waals surface area contributed by atoms with Crippen molar-refractivity contribution in [1.29, 1.82) is 0 Å². The third-order valence-corrected chi connectivity index (χ3v) is 5.38. The van der Waals surface area contributed by atoms with Crippen LogP contribution in [0.2, 0.25) is 0 Å². The molecule has 0 bridgehead atoms. The van der Waals surface area contributed by atoms with Crippen molar-refractivity contribution in [2.45, 2.75) is 39.7 Å². The van der Waals surface area contributed by atoms with Crippen LogP contribution >= 0.6 is 0 Å². The predicted octanol–water partition coefficient (Wildman–Crippen LogP) is 1.05. The monoisotopic (exact) mass is 248 g/mol. The van der Waals surface area contributed by atoms with Crippen LogP contribution in [0.4, 0.5) is 0 Å². The molecule has 1 aliphatic rings. The highest BCUT2D eigenvalue weighted by molar-refractivity contribution is 7.89. The van der Waals surface area contributed by atoms with Crippen LogP contribution in [0.1, 0.15) is 33.6 Å². The first-order valence-corrected chi connectivity index (χ1v) is 7.78. The van der Waals surface area contributed by atoms with Crippen LogP contribution in [0.5, 0.6) is 0 Å². The molecule has 0 aliphatic carbocycles. The largest absolute Gasteiger partial charge is 0.316 e. The molecule has 0 radical (unpaired) electrons. The summed E-state index contributed by atoms with van der Waals surface area (Å²) >= 11 is 0. The molecule has 4 nitrogen and oxygen atoms in total. The molecule has 96 valence electrons. The Hall–Kier alpha value is -0.130. The van der Waals surface area contributed by atoms with E-state index in [-0.39, 0.29) is 12.0 Å². The molecule has 0 spiro atoms. The molecule has 1 unspecified atom stereocenters. The van der Waals surface area contributed by atoms with Crippen molar-refractivity contribution >= 4 is 10.0 Å². The van der Waals surface area contributed by atoms with E-state index in [1.165, 1.54) is 0 Å². The molecular formula is C11H24N2O2S. The number of piperidine rings is 1. The minimum absolute atomic E-state index is 0.0616. The maximum absolute atomic E-state index is 12.2. The fraction of sp³-hybridized carbons (Fsp3) is 1.00. The highest BCUT2D eigenvalue weighted by Crippen LogP contribution is 2.16. The van der Waals surface area contributed by atoms with Gasteiger partial charge in [-0.3, -0.25) is 0 Å². The molecule has 5 heteroatoms. The lowest BCUT2D eigenvalue weighted by Gasteiger charge is -2.28. The first-order chi connectivity index (χ1) is 7.47. The van der Waals surface area contributed by atoms with Gasteiger partial charge in [-0.1, -0.05) is 6.92 Å². The third kappa shape index (κ3) is 3.71. The van der Waals surface area contributed by atoms with Gasteiger partial charge in [0.1, 0.15) is 0 Å². The molecule has 1 N–H and O–H groups in total. The molecule has 0 saturated carbocycles. The van der Waals surface area contributed by atoms with E-state index in [9.17, 15) is 8.42 Å². The lowest BCUT2D eigenvalue weighted by molar-refractivity contribution is 0.352. The Labute approximate surface area is 99.5 Å². The first kappa shape index (κ1) is 13.9. The summed E-state index contributed by atoms with van der Waals surface area (Å²) in [6.45, 7) is 8.20. The molecule has 0 amide bonds. The van der Waals surface area contributed by atoms with Crippen molar-refractivity contribution in [3.8, 4) is 0 Å². The highest BCUT2D eigenvalue weighted by Gasteiger charge is 2.27. The van der Waals surface area contributed by atoms with Crippen molar-refractivity contribution in [2.24, 2.45) is 5.92 Å². The van der Waals surface area contributed by atoms with Crippen molar-refractivity contribution in [2.75, 3.05) is 25.4 Å². The van der Waals surface area contributed by atoms with Gasteiger partial charge in [-0.2, -0.15) is 4.31 Å². The van der Waals surface area contributed by atoms with Crippen molar-refractivity contribution in [3.05, 3.63) is 0 Å². The summed E-state index contributed by atoms with van der Waals surface area (Å²) in [6.07, 6.45) is 2.12. The molecule has 0 aromatic rings. The number of hydrogen-bond acceptors (Lipinski definition) is 3. The Morgan fingerprint density at radius 2 is 2.12 bits per heavy atom. The van der Waals surface area contributed by atoms with Gasteiger partial charge in [-0.15, -0.1) is 0 Å². The zero-order valence-electron chi connectivity index (χ0n) is 10.6. The van der Waals surface area contributed by atoms with E-state index in [2.05, 4.69) is 5.32 Å². The molecule has 0 aromatic carbocycles. The van der Waals surface area contributed by atoms with E-state index in [1.54, 1.807) is 4.31 Å². The second kappa shape index (κ2) is 5.98. The van der Waals surface area contributed by atoms with Crippen LogP contribution in [-0.2, 0) is 10.0 Å². The van der Waals surface area contributed by atoms with E-state index < -0.39 is 10.0 Å². The van der Waals surface area contributed by atoms with Crippen LogP contribution in [0.15, 0.2) is 0 Å². The topological polar surface area (TPSA) is 49.4 Å². The van der Waals surface area contributed by atoms with Crippen LogP contribution in [0, 0.1) is 5.92 Å². The summed E-state index contributed by atoms with van der Waals surface area (Å²) in [4.78, 5) is 0. The van der Waals surface area contributed by atoms with E-state index in [4.69, 9.17) is 0 Å². The molecular weight excluding hydrogens is 224 g/mol. The Bertz CT molecular complexity index is 295. The lowest BCUT2D eigenvalue weighted by atomic mass is 10.0. The Morgan fingerprint density at radius 3 is 2.56 bits per heavy atom. The Balaban J connectivity index is 2.61. The van der Waals surface area contributed by atoms with Crippen LogP contribution in [-0.4, -0.2) is 44.2 Å². The number of nitrogens with zero attached hydrogens (tertiary/aromatic N) is 1. The van der Waals surface area contributed by atoms with E-state index in [0.29, 0.717) is 12.3 Å². The van der Waals surface area contributed by atoms with Gasteiger partial charge in [0.2, 0.25) is 10.0 Å². The van der Waals surface area contributed by atoms with Gasteiger partial charge in [0, 0.05) is 12.6 Å². The number of rotatable bonds is 5. The summed E-state index contributed by atoms with van der Waals surface area (Å²) in [5.41, 5.74) is 0. The Kier molecular flexibility index (Phi) is 5.21. The fourth-order valence-electron chi connectivity index (χ4n) is 2.34. The summed E-state index contributed by atoms with van der Waals surface area (Å²) in [5, 5.41) is 3.26. The van der Waals surface area contributed by atoms with Crippen LogP contribution < -0.4 is 5.32 Å². The normalized spacial score (nSPS) is 22.9. The quantitative estimate of drug-likeness (QED) is 0.791. The van der Waals surface area contributed by atoms with Gasteiger partial charge in [-0.05, 0) is 45.7 Å². The lowest BCUT2D eigenvalue weighted by Crippen LogP contribution is -2.42. The zero-order chi connectivity index (χ0) is 12.2. The number of hydrogen-bond donors (Lipinski definition) is 1. The smallest absolute Gasteiger partial charge is 0.214 e. The van der Waals surface area contributed by atoms with E-state index in [0.717, 1.165) is 25.9 Å². The van der Waals surface area contributed by atoms with E-state index in [1.807, 2.05) is 20.8 Å². The molecule has 1 rings (SSSR count). The number of nitrogens with one attached hydrogen (secondary N) is 1. The summed E-state index contributed by atoms with van der Waals surface area (Å²) in [5.74, 6) is 0.581. The third-order valence-electron chi connectivity index (χ3n) is 3.09. The standard InChI is InChI=1S/C11H24N2O2S/c1-4-13(10(2)3)16(14,15)9-11-6-5-7-12-8-11/h10-12H,4-9H2,1-3H3. The second-order valence-electron chi connectivity index (χ2n) is 4.79. The highest BCUT2D eigenvalue weighted by atomic mass is 32.2. The van der Waals surface area contributed by atoms with Gasteiger partial charge in [0.05, 0.1) is 5.75 Å². The zero-order valence-corrected chi connectivity index (χ0v) is 11.4. The molecule has 1 atom stereocenters. The second-order valence-corrected chi connectivity index (χ2v) is 6.75. The van der Waals surface area contributed by atoms with Crippen molar-refractivity contribution in [3.63, 3.8) is 0 Å². The fourth-order valence-corrected chi connectivity index (χ4v) is 4.45. The van der Waals surface area contributed by atoms with Crippen LogP contribution in [0.25, 0.3) is 0 Å². The van der Waals surface area contributed by atoms with Crippen molar-refractivity contribution in [1.82, 2.24) is 9.62 Å². The SMILES string of the molecule is CCN(C(C)C)S(=O)(=O)CC1CCCNC1. The minimum Gasteiger partial charge on any atom is -0.316 e. The summed E-state index contributed by atoms with van der Waals surface area (Å²) < 4.78 is 25.9. The minimum atomic E-state index is -3.08. The van der Waals surface area contributed by atoms with Gasteiger partial charge < -0.3 is 5.32 Å². The molecule has 1 aliphatic heterocycles.